The van der Waals surface area contributed by atoms with E-state index in [0.717, 1.165) is 23.5 Å². The number of hydrogen-bond donors (Lipinski definition) is 1. The van der Waals surface area contributed by atoms with Crippen molar-refractivity contribution in [2.24, 2.45) is 11.8 Å². The van der Waals surface area contributed by atoms with E-state index in [1.807, 2.05) is 25.1 Å². The van der Waals surface area contributed by atoms with Crippen molar-refractivity contribution in [3.8, 4) is 5.88 Å². The zero-order chi connectivity index (χ0) is 19.3. The van der Waals surface area contributed by atoms with E-state index in [4.69, 9.17) is 23.2 Å². The van der Waals surface area contributed by atoms with E-state index >= 15 is 0 Å². The number of piperidine rings is 1. The van der Waals surface area contributed by atoms with Gasteiger partial charge in [0, 0.05) is 13.1 Å². The molecule has 0 amide bonds. The largest absolute Gasteiger partial charge is 0.492 e. The lowest BCUT2D eigenvalue weighted by atomic mass is 9.89. The van der Waals surface area contributed by atoms with Crippen LogP contribution in [-0.2, 0) is 0 Å². The first-order chi connectivity index (χ1) is 12.8. The van der Waals surface area contributed by atoms with Gasteiger partial charge < -0.3 is 5.11 Å². The highest BCUT2D eigenvalue weighted by Crippen LogP contribution is 2.43. The Morgan fingerprint density at radius 2 is 1.89 bits per heavy atom. The van der Waals surface area contributed by atoms with Gasteiger partial charge in [-0.3, -0.25) is 4.90 Å². The van der Waals surface area contributed by atoms with Crippen molar-refractivity contribution >= 4 is 39.5 Å². The molecule has 3 heterocycles. The van der Waals surface area contributed by atoms with Crippen molar-refractivity contribution in [1.29, 1.82) is 0 Å². The summed E-state index contributed by atoms with van der Waals surface area (Å²) in [6.07, 6.45) is 1.21. The summed E-state index contributed by atoms with van der Waals surface area (Å²) in [5, 5.41) is 16.3. The van der Waals surface area contributed by atoms with Crippen molar-refractivity contribution < 1.29 is 5.11 Å². The van der Waals surface area contributed by atoms with Gasteiger partial charge >= 0.3 is 0 Å². The topological polar surface area (TPSA) is 53.7 Å². The summed E-state index contributed by atoms with van der Waals surface area (Å²) in [7, 11) is 0. The molecule has 0 spiro atoms. The van der Waals surface area contributed by atoms with Crippen LogP contribution in [-0.4, -0.2) is 37.7 Å². The fraction of sp³-hybridized carbons (Fsp3) is 0.474. The maximum absolute atomic E-state index is 10.9. The fourth-order valence-corrected chi connectivity index (χ4v) is 5.63. The van der Waals surface area contributed by atoms with Crippen LogP contribution in [0, 0.1) is 18.8 Å². The highest BCUT2D eigenvalue weighted by Gasteiger charge is 2.33. The molecule has 1 saturated heterocycles. The first-order valence-electron chi connectivity index (χ1n) is 9.07. The second-order valence-electron chi connectivity index (χ2n) is 7.62. The number of aromatic hydroxyl groups is 1. The quantitative estimate of drug-likeness (QED) is 0.629. The number of benzene rings is 1. The minimum atomic E-state index is -0.112. The second-order valence-corrected chi connectivity index (χ2v) is 9.44. The van der Waals surface area contributed by atoms with Crippen LogP contribution < -0.4 is 0 Å². The van der Waals surface area contributed by atoms with E-state index in [-0.39, 0.29) is 11.9 Å². The molecule has 2 aromatic heterocycles. The first-order valence-corrected chi connectivity index (χ1v) is 10.6. The van der Waals surface area contributed by atoms with Gasteiger partial charge in [0.15, 0.2) is 0 Å². The van der Waals surface area contributed by atoms with Crippen LogP contribution in [0.1, 0.15) is 42.6 Å². The molecular weight excluding hydrogens is 403 g/mol. The van der Waals surface area contributed by atoms with Crippen molar-refractivity contribution in [1.82, 2.24) is 19.5 Å². The molecule has 1 N–H and O–H groups in total. The molecule has 5 nitrogen and oxygen atoms in total. The summed E-state index contributed by atoms with van der Waals surface area (Å²) in [6, 6.07) is 5.60. The highest BCUT2D eigenvalue weighted by molar-refractivity contribution is 7.17. The molecule has 0 saturated carbocycles. The Labute approximate surface area is 172 Å². The molecule has 8 heteroatoms. The maximum Gasteiger partial charge on any atom is 0.230 e. The molecular formula is C19H22Cl2N4OS. The molecule has 27 heavy (non-hydrogen) atoms. The minimum Gasteiger partial charge on any atom is -0.492 e. The van der Waals surface area contributed by atoms with E-state index in [1.165, 1.54) is 22.3 Å². The number of hydrogen-bond acceptors (Lipinski definition) is 5. The monoisotopic (exact) mass is 424 g/mol. The second kappa shape index (κ2) is 7.24. The molecule has 3 unspecified atom stereocenters. The van der Waals surface area contributed by atoms with Crippen LogP contribution in [0.25, 0.3) is 4.96 Å². The Balaban J connectivity index is 1.85. The SMILES string of the molecule is Cc1nc2sc(C(c3ccc(Cl)c(Cl)c3)N3CC(C)CC(C)C3)c(O)n2n1. The van der Waals surface area contributed by atoms with Crippen LogP contribution in [0.4, 0.5) is 0 Å². The van der Waals surface area contributed by atoms with Crippen LogP contribution >= 0.6 is 34.5 Å². The lowest BCUT2D eigenvalue weighted by Gasteiger charge is -2.40. The van der Waals surface area contributed by atoms with Gasteiger partial charge in [-0.25, -0.2) is 4.98 Å². The molecule has 1 aliphatic heterocycles. The number of nitrogens with zero attached hydrogens (tertiary/aromatic N) is 4. The lowest BCUT2D eigenvalue weighted by Crippen LogP contribution is -2.41. The number of thiazole rings is 1. The van der Waals surface area contributed by atoms with E-state index in [0.29, 0.717) is 32.7 Å². The average Bonchev–Trinajstić information content (AvgIpc) is 3.08. The minimum absolute atomic E-state index is 0.112. The third-order valence-electron chi connectivity index (χ3n) is 5.08. The van der Waals surface area contributed by atoms with Gasteiger partial charge in [0.1, 0.15) is 5.82 Å². The van der Waals surface area contributed by atoms with Gasteiger partial charge in [-0.2, -0.15) is 4.52 Å². The Bertz CT molecular complexity index is 976. The normalized spacial score (nSPS) is 22.4. The van der Waals surface area contributed by atoms with Gasteiger partial charge in [-0.1, -0.05) is 54.5 Å². The molecule has 1 aliphatic rings. The molecule has 4 rings (SSSR count). The summed E-state index contributed by atoms with van der Waals surface area (Å²) in [6.45, 7) is 8.30. The van der Waals surface area contributed by atoms with Crippen molar-refractivity contribution in [3.63, 3.8) is 0 Å². The van der Waals surface area contributed by atoms with E-state index in [2.05, 4.69) is 28.8 Å². The predicted octanol–water partition coefficient (Wildman–Crippen LogP) is 5.18. The molecule has 3 atom stereocenters. The Morgan fingerprint density at radius 3 is 2.52 bits per heavy atom. The highest BCUT2D eigenvalue weighted by atomic mass is 35.5. The Morgan fingerprint density at radius 1 is 1.19 bits per heavy atom. The number of likely N-dealkylation sites (tertiary alicyclic amines) is 1. The molecule has 1 fully saturated rings. The molecule has 0 radical (unpaired) electrons. The van der Waals surface area contributed by atoms with Crippen LogP contribution in [0.15, 0.2) is 18.2 Å². The van der Waals surface area contributed by atoms with E-state index in [1.54, 1.807) is 0 Å². The van der Waals surface area contributed by atoms with Crippen LogP contribution in [0.5, 0.6) is 5.88 Å². The number of aryl methyl sites for hydroxylation is 1. The standard InChI is InChI=1S/C19H22Cl2N4OS/c1-10-6-11(2)9-24(8-10)16(13-4-5-14(20)15(21)7-13)17-18(26)25-19(27-17)22-12(3)23-25/h4-5,7,10-11,16,26H,6,8-9H2,1-3H3. The summed E-state index contributed by atoms with van der Waals surface area (Å²) < 4.78 is 1.52. The summed E-state index contributed by atoms with van der Waals surface area (Å²) in [5.41, 5.74) is 1.02. The van der Waals surface area contributed by atoms with Crippen molar-refractivity contribution in [2.75, 3.05) is 13.1 Å². The Kier molecular flexibility index (Phi) is 5.10. The first kappa shape index (κ1) is 19.0. The molecule has 1 aromatic carbocycles. The summed E-state index contributed by atoms with van der Waals surface area (Å²) in [4.78, 5) is 8.38. The number of fused-ring (bicyclic) bond motifs is 1. The van der Waals surface area contributed by atoms with Crippen molar-refractivity contribution in [2.45, 2.75) is 33.2 Å². The van der Waals surface area contributed by atoms with E-state index in [9.17, 15) is 5.11 Å². The number of aromatic nitrogens is 3. The van der Waals surface area contributed by atoms with Gasteiger partial charge in [0.2, 0.25) is 10.8 Å². The lowest BCUT2D eigenvalue weighted by molar-refractivity contribution is 0.112. The zero-order valence-corrected chi connectivity index (χ0v) is 17.8. The molecule has 3 aromatic rings. The van der Waals surface area contributed by atoms with Gasteiger partial charge in [0.05, 0.1) is 21.0 Å². The summed E-state index contributed by atoms with van der Waals surface area (Å²) >= 11 is 13.9. The number of halogens is 2. The molecule has 0 bridgehead atoms. The van der Waals surface area contributed by atoms with E-state index < -0.39 is 0 Å². The smallest absolute Gasteiger partial charge is 0.230 e. The van der Waals surface area contributed by atoms with Gasteiger partial charge in [-0.15, -0.1) is 5.10 Å². The van der Waals surface area contributed by atoms with Gasteiger partial charge in [0.25, 0.3) is 0 Å². The van der Waals surface area contributed by atoms with Crippen LogP contribution in [0.2, 0.25) is 10.0 Å². The Hall–Kier alpha value is -1.34. The zero-order valence-electron chi connectivity index (χ0n) is 15.5. The van der Waals surface area contributed by atoms with Gasteiger partial charge in [-0.05, 0) is 42.9 Å². The predicted molar refractivity (Wildman–Crippen MR) is 110 cm³/mol. The fourth-order valence-electron chi connectivity index (χ4n) is 4.16. The third kappa shape index (κ3) is 3.56. The average molecular weight is 425 g/mol. The third-order valence-corrected chi connectivity index (χ3v) is 6.89. The van der Waals surface area contributed by atoms with Crippen LogP contribution in [0.3, 0.4) is 0 Å². The number of rotatable bonds is 3. The summed E-state index contributed by atoms with van der Waals surface area (Å²) in [5.74, 6) is 1.98. The van der Waals surface area contributed by atoms with Crippen molar-refractivity contribution in [3.05, 3.63) is 44.5 Å². The molecule has 144 valence electrons. The molecule has 0 aliphatic carbocycles. The maximum atomic E-state index is 10.9.